The van der Waals surface area contributed by atoms with Crippen molar-refractivity contribution in [2.75, 3.05) is 32.8 Å². The van der Waals surface area contributed by atoms with Gasteiger partial charge in [0.1, 0.15) is 6.04 Å². The van der Waals surface area contributed by atoms with E-state index in [1.807, 2.05) is 0 Å². The van der Waals surface area contributed by atoms with Crippen LogP contribution in [0.15, 0.2) is 22.8 Å². The Bertz CT molecular complexity index is 521. The molecule has 0 radical (unpaired) electrons. The Hall–Kier alpha value is -1.86. The van der Waals surface area contributed by atoms with Crippen LogP contribution in [0, 0.1) is 0 Å². The molecule has 0 bridgehead atoms. The Morgan fingerprint density at radius 2 is 2.04 bits per heavy atom. The number of ether oxygens (including phenoxy) is 1. The average molecular weight is 323 g/mol. The van der Waals surface area contributed by atoms with Gasteiger partial charge in [-0.05, 0) is 32.9 Å². The number of nitrogens with one attached hydrogen (secondary N) is 2. The fourth-order valence-corrected chi connectivity index (χ4v) is 2.48. The Morgan fingerprint density at radius 1 is 1.35 bits per heavy atom. The summed E-state index contributed by atoms with van der Waals surface area (Å²) in [4.78, 5) is 26.3. The van der Waals surface area contributed by atoms with Crippen LogP contribution in [0.4, 0.5) is 0 Å². The number of nitrogens with zero attached hydrogens (tertiary/aromatic N) is 1. The van der Waals surface area contributed by atoms with Crippen LogP contribution in [0.2, 0.25) is 0 Å². The first-order valence-corrected chi connectivity index (χ1v) is 7.85. The van der Waals surface area contributed by atoms with Crippen molar-refractivity contribution in [2.45, 2.75) is 32.4 Å². The zero-order chi connectivity index (χ0) is 16.9. The summed E-state index contributed by atoms with van der Waals surface area (Å²) in [6, 6.07) is 2.56. The minimum Gasteiger partial charge on any atom is -0.459 e. The molecule has 0 saturated carbocycles. The number of amides is 2. The SMILES string of the molecule is C[C@@H](NC(=O)c1ccco1)C(=O)NCC(C)(C)N1CCOCC1. The van der Waals surface area contributed by atoms with E-state index in [0.717, 1.165) is 13.1 Å². The average Bonchev–Trinajstić information content (AvgIpc) is 3.08. The highest BCUT2D eigenvalue weighted by molar-refractivity contribution is 5.95. The largest absolute Gasteiger partial charge is 0.459 e. The molecule has 2 rings (SSSR count). The highest BCUT2D eigenvalue weighted by Crippen LogP contribution is 2.15. The zero-order valence-electron chi connectivity index (χ0n) is 13.9. The molecule has 1 aliphatic heterocycles. The molecule has 0 aromatic carbocycles. The van der Waals surface area contributed by atoms with Gasteiger partial charge in [0.25, 0.3) is 5.91 Å². The Labute approximate surface area is 136 Å². The van der Waals surface area contributed by atoms with E-state index in [-0.39, 0.29) is 17.2 Å². The van der Waals surface area contributed by atoms with Crippen molar-refractivity contribution >= 4 is 11.8 Å². The second kappa shape index (κ2) is 7.61. The number of hydrogen-bond acceptors (Lipinski definition) is 5. The number of rotatable bonds is 6. The lowest BCUT2D eigenvalue weighted by atomic mass is 10.0. The van der Waals surface area contributed by atoms with Crippen LogP contribution < -0.4 is 10.6 Å². The first-order chi connectivity index (χ1) is 10.9. The fourth-order valence-electron chi connectivity index (χ4n) is 2.48. The molecule has 2 N–H and O–H groups in total. The van der Waals surface area contributed by atoms with E-state index in [1.54, 1.807) is 19.1 Å². The number of carbonyl (C=O) groups excluding carboxylic acids is 2. The fraction of sp³-hybridized carbons (Fsp3) is 0.625. The van der Waals surface area contributed by atoms with Crippen molar-refractivity contribution in [2.24, 2.45) is 0 Å². The van der Waals surface area contributed by atoms with Crippen LogP contribution in [0.3, 0.4) is 0 Å². The standard InChI is InChI=1S/C16H25N3O4/c1-12(18-15(21)13-5-4-8-23-13)14(20)17-11-16(2,3)19-6-9-22-10-7-19/h4-5,8,12H,6-7,9-11H2,1-3H3,(H,17,20)(H,18,21)/t12-/m1/s1. The second-order valence-corrected chi connectivity index (χ2v) is 6.30. The quantitative estimate of drug-likeness (QED) is 0.802. The topological polar surface area (TPSA) is 83.8 Å². The number of morpholine rings is 1. The van der Waals surface area contributed by atoms with Gasteiger partial charge >= 0.3 is 0 Å². The predicted molar refractivity (Wildman–Crippen MR) is 85.1 cm³/mol. The summed E-state index contributed by atoms with van der Waals surface area (Å²) in [7, 11) is 0. The monoisotopic (exact) mass is 323 g/mol. The van der Waals surface area contributed by atoms with Gasteiger partial charge in [0.05, 0.1) is 19.5 Å². The van der Waals surface area contributed by atoms with Crippen LogP contribution in [-0.4, -0.2) is 61.1 Å². The smallest absolute Gasteiger partial charge is 0.287 e. The molecule has 0 aliphatic carbocycles. The molecular weight excluding hydrogens is 298 g/mol. The van der Waals surface area contributed by atoms with Gasteiger partial charge in [0, 0.05) is 25.2 Å². The van der Waals surface area contributed by atoms with Crippen molar-refractivity contribution in [1.29, 1.82) is 0 Å². The highest BCUT2D eigenvalue weighted by atomic mass is 16.5. The maximum Gasteiger partial charge on any atom is 0.287 e. The zero-order valence-corrected chi connectivity index (χ0v) is 13.9. The van der Waals surface area contributed by atoms with Crippen molar-refractivity contribution in [3.63, 3.8) is 0 Å². The Kier molecular flexibility index (Phi) is 5.79. The minimum atomic E-state index is -0.631. The van der Waals surface area contributed by atoms with E-state index in [9.17, 15) is 9.59 Å². The summed E-state index contributed by atoms with van der Waals surface area (Å²) in [5, 5.41) is 5.52. The molecule has 0 unspecified atom stereocenters. The lowest BCUT2D eigenvalue weighted by Crippen LogP contribution is -2.57. The lowest BCUT2D eigenvalue weighted by Gasteiger charge is -2.41. The predicted octanol–water partition coefficient (Wildman–Crippen LogP) is 0.625. The van der Waals surface area contributed by atoms with Gasteiger partial charge in [-0.25, -0.2) is 0 Å². The first kappa shape index (κ1) is 17.5. The normalized spacial score (nSPS) is 17.5. The third-order valence-corrected chi connectivity index (χ3v) is 4.05. The van der Waals surface area contributed by atoms with Crippen LogP contribution >= 0.6 is 0 Å². The molecule has 1 atom stereocenters. The maximum absolute atomic E-state index is 12.2. The summed E-state index contributed by atoms with van der Waals surface area (Å²) in [5.74, 6) is -0.422. The minimum absolute atomic E-state index is 0.163. The first-order valence-electron chi connectivity index (χ1n) is 7.85. The van der Waals surface area contributed by atoms with Gasteiger partial charge in [-0.1, -0.05) is 0 Å². The van der Waals surface area contributed by atoms with Crippen LogP contribution in [-0.2, 0) is 9.53 Å². The van der Waals surface area contributed by atoms with Gasteiger partial charge in [0.15, 0.2) is 5.76 Å². The van der Waals surface area contributed by atoms with Crippen molar-refractivity contribution < 1.29 is 18.7 Å². The molecule has 2 heterocycles. The number of hydrogen-bond donors (Lipinski definition) is 2. The molecule has 1 aromatic heterocycles. The van der Waals surface area contributed by atoms with Crippen molar-refractivity contribution in [3.05, 3.63) is 24.2 Å². The molecule has 128 valence electrons. The second-order valence-electron chi connectivity index (χ2n) is 6.30. The van der Waals surface area contributed by atoms with Crippen LogP contribution in [0.25, 0.3) is 0 Å². The summed E-state index contributed by atoms with van der Waals surface area (Å²) in [6.07, 6.45) is 1.42. The third-order valence-electron chi connectivity index (χ3n) is 4.05. The number of carbonyl (C=O) groups is 2. The summed E-state index contributed by atoms with van der Waals surface area (Å²) < 4.78 is 10.4. The summed E-state index contributed by atoms with van der Waals surface area (Å²) in [5.41, 5.74) is -0.163. The summed E-state index contributed by atoms with van der Waals surface area (Å²) in [6.45, 7) is 9.47. The molecule has 7 nitrogen and oxygen atoms in total. The van der Waals surface area contributed by atoms with Crippen molar-refractivity contribution in [3.8, 4) is 0 Å². The van der Waals surface area contributed by atoms with Gasteiger partial charge < -0.3 is 19.8 Å². The third kappa shape index (κ3) is 4.80. The maximum atomic E-state index is 12.2. The van der Waals surface area contributed by atoms with E-state index in [2.05, 4.69) is 29.4 Å². The van der Waals surface area contributed by atoms with Crippen molar-refractivity contribution in [1.82, 2.24) is 15.5 Å². The van der Waals surface area contributed by atoms with Crippen LogP contribution in [0.5, 0.6) is 0 Å². The Balaban J connectivity index is 1.80. The van der Waals surface area contributed by atoms with Gasteiger partial charge in [-0.15, -0.1) is 0 Å². The molecule has 1 fully saturated rings. The summed E-state index contributed by atoms with van der Waals surface area (Å²) >= 11 is 0. The highest BCUT2D eigenvalue weighted by Gasteiger charge is 2.29. The molecule has 1 aliphatic rings. The molecule has 0 spiro atoms. The number of furan rings is 1. The molecular formula is C16H25N3O4. The van der Waals surface area contributed by atoms with E-state index in [4.69, 9.17) is 9.15 Å². The van der Waals surface area contributed by atoms with Gasteiger partial charge in [-0.3, -0.25) is 14.5 Å². The lowest BCUT2D eigenvalue weighted by molar-refractivity contribution is -0.123. The van der Waals surface area contributed by atoms with E-state index >= 15 is 0 Å². The Morgan fingerprint density at radius 3 is 2.65 bits per heavy atom. The van der Waals surface area contributed by atoms with E-state index < -0.39 is 11.9 Å². The van der Waals surface area contributed by atoms with E-state index in [0.29, 0.717) is 19.8 Å². The van der Waals surface area contributed by atoms with Crippen LogP contribution in [0.1, 0.15) is 31.3 Å². The molecule has 7 heteroatoms. The molecule has 2 amide bonds. The van der Waals surface area contributed by atoms with E-state index in [1.165, 1.54) is 6.26 Å². The molecule has 1 aromatic rings. The molecule has 1 saturated heterocycles. The van der Waals surface area contributed by atoms with Gasteiger partial charge in [-0.2, -0.15) is 0 Å². The molecule has 23 heavy (non-hydrogen) atoms. The van der Waals surface area contributed by atoms with Gasteiger partial charge in [0.2, 0.25) is 5.91 Å².